The first-order valence-electron chi connectivity index (χ1n) is 6.26. The molecule has 0 N–H and O–H groups in total. The van der Waals surface area contributed by atoms with Crippen molar-refractivity contribution in [3.05, 3.63) is 53.6 Å². The summed E-state index contributed by atoms with van der Waals surface area (Å²) in [6.45, 7) is -0.990. The van der Waals surface area contributed by atoms with Gasteiger partial charge in [-0.25, -0.2) is 0 Å². The topological polar surface area (TPSA) is 0 Å². The van der Waals surface area contributed by atoms with Crippen molar-refractivity contribution >= 4 is 12.4 Å². The maximum Gasteiger partial charge on any atom is 0.509 e. The Labute approximate surface area is 110 Å². The SMILES string of the molecule is CC1(C)c2ccccc2-c2ccc([B-](F)(F)F)cc21. The predicted octanol–water partition coefficient (Wildman–Crippen LogP) is 4.05. The first-order valence-corrected chi connectivity index (χ1v) is 6.26. The second-order valence-electron chi connectivity index (χ2n) is 5.55. The summed E-state index contributed by atoms with van der Waals surface area (Å²) in [6.07, 6.45) is 0. The molecule has 0 saturated carbocycles. The van der Waals surface area contributed by atoms with Gasteiger partial charge in [0.05, 0.1) is 0 Å². The van der Waals surface area contributed by atoms with Crippen LogP contribution in [0.15, 0.2) is 42.5 Å². The Morgan fingerprint density at radius 2 is 1.47 bits per heavy atom. The van der Waals surface area contributed by atoms with Crippen LogP contribution >= 0.6 is 0 Å². The molecule has 0 saturated heterocycles. The van der Waals surface area contributed by atoms with E-state index in [9.17, 15) is 12.9 Å². The Morgan fingerprint density at radius 1 is 0.842 bits per heavy atom. The number of hydrogen-bond acceptors (Lipinski definition) is 0. The average molecular weight is 261 g/mol. The Kier molecular flexibility index (Phi) is 2.37. The van der Waals surface area contributed by atoms with Crippen molar-refractivity contribution in [3.8, 4) is 11.1 Å². The van der Waals surface area contributed by atoms with E-state index < -0.39 is 12.4 Å². The molecule has 0 nitrogen and oxygen atoms in total. The number of fused-ring (bicyclic) bond motifs is 3. The highest BCUT2D eigenvalue weighted by Crippen LogP contribution is 2.48. The first kappa shape index (κ1) is 12.3. The van der Waals surface area contributed by atoms with Gasteiger partial charge >= 0.3 is 6.98 Å². The van der Waals surface area contributed by atoms with Crippen molar-refractivity contribution in [2.75, 3.05) is 0 Å². The minimum atomic E-state index is -4.94. The first-order chi connectivity index (χ1) is 8.82. The standard InChI is InChI=1S/C15H13BF3/c1-15(2)13-6-4-3-5-11(13)12-8-7-10(9-14(12)15)16(17,18)19/h3-9H,1-2H3/q-1. The zero-order chi connectivity index (χ0) is 13.8. The fourth-order valence-corrected chi connectivity index (χ4v) is 2.93. The van der Waals surface area contributed by atoms with Gasteiger partial charge in [-0.05, 0) is 22.3 Å². The molecular weight excluding hydrogens is 248 g/mol. The molecule has 19 heavy (non-hydrogen) atoms. The second kappa shape index (κ2) is 3.65. The Balaban J connectivity index is 2.27. The largest absolute Gasteiger partial charge is 0.509 e. The van der Waals surface area contributed by atoms with Crippen LogP contribution in [-0.4, -0.2) is 6.98 Å². The molecule has 2 aromatic carbocycles. The van der Waals surface area contributed by atoms with Gasteiger partial charge in [0.1, 0.15) is 0 Å². The highest BCUT2D eigenvalue weighted by molar-refractivity contribution is 6.73. The number of benzene rings is 2. The van der Waals surface area contributed by atoms with Gasteiger partial charge in [0, 0.05) is 5.41 Å². The van der Waals surface area contributed by atoms with Gasteiger partial charge in [-0.3, -0.25) is 0 Å². The molecule has 0 amide bonds. The molecule has 2 aromatic rings. The fraction of sp³-hybridized carbons (Fsp3) is 0.200. The summed E-state index contributed by atoms with van der Waals surface area (Å²) in [4.78, 5) is 0. The van der Waals surface area contributed by atoms with Crippen LogP contribution in [0.2, 0.25) is 0 Å². The molecule has 0 aromatic heterocycles. The Morgan fingerprint density at radius 3 is 2.16 bits per heavy atom. The van der Waals surface area contributed by atoms with Crippen LogP contribution in [0.3, 0.4) is 0 Å². The van der Waals surface area contributed by atoms with Crippen molar-refractivity contribution in [3.63, 3.8) is 0 Å². The van der Waals surface area contributed by atoms with Gasteiger partial charge in [-0.1, -0.05) is 56.3 Å². The molecule has 0 radical (unpaired) electrons. The average Bonchev–Trinajstić information content (AvgIpc) is 2.58. The molecule has 0 heterocycles. The molecule has 0 aliphatic heterocycles. The van der Waals surface area contributed by atoms with Crippen LogP contribution in [0.5, 0.6) is 0 Å². The molecule has 0 unspecified atom stereocenters. The molecule has 0 spiro atoms. The van der Waals surface area contributed by atoms with Gasteiger partial charge in [0.15, 0.2) is 0 Å². The normalized spacial score (nSPS) is 16.1. The van der Waals surface area contributed by atoms with Gasteiger partial charge in [-0.2, -0.15) is 0 Å². The molecular formula is C15H13BF3-. The van der Waals surface area contributed by atoms with E-state index in [4.69, 9.17) is 0 Å². The second-order valence-corrected chi connectivity index (χ2v) is 5.55. The summed E-state index contributed by atoms with van der Waals surface area (Å²) >= 11 is 0. The van der Waals surface area contributed by atoms with Gasteiger partial charge in [0.2, 0.25) is 0 Å². The third-order valence-electron chi connectivity index (χ3n) is 3.99. The summed E-state index contributed by atoms with van der Waals surface area (Å²) in [6, 6.07) is 11.9. The van der Waals surface area contributed by atoms with Crippen molar-refractivity contribution < 1.29 is 12.9 Å². The van der Waals surface area contributed by atoms with E-state index in [2.05, 4.69) is 0 Å². The highest BCUT2D eigenvalue weighted by atomic mass is 19.4. The van der Waals surface area contributed by atoms with E-state index in [0.29, 0.717) is 0 Å². The van der Waals surface area contributed by atoms with Crippen LogP contribution in [0.1, 0.15) is 25.0 Å². The van der Waals surface area contributed by atoms with E-state index in [1.807, 2.05) is 38.1 Å². The van der Waals surface area contributed by atoms with Crippen molar-refractivity contribution in [2.24, 2.45) is 0 Å². The van der Waals surface area contributed by atoms with E-state index >= 15 is 0 Å². The minimum absolute atomic E-state index is 0.372. The third-order valence-corrected chi connectivity index (χ3v) is 3.99. The molecule has 1 aliphatic carbocycles. The van der Waals surface area contributed by atoms with Crippen LogP contribution < -0.4 is 5.46 Å². The van der Waals surface area contributed by atoms with E-state index in [0.717, 1.165) is 22.3 Å². The van der Waals surface area contributed by atoms with E-state index in [1.54, 1.807) is 6.07 Å². The summed E-state index contributed by atoms with van der Waals surface area (Å²) < 4.78 is 38.7. The lowest BCUT2D eigenvalue weighted by Crippen LogP contribution is -2.34. The molecule has 4 heteroatoms. The zero-order valence-electron chi connectivity index (χ0n) is 10.8. The number of hydrogen-bond donors (Lipinski definition) is 0. The van der Waals surface area contributed by atoms with E-state index in [-0.39, 0.29) is 5.41 Å². The van der Waals surface area contributed by atoms with Crippen molar-refractivity contribution in [1.29, 1.82) is 0 Å². The lowest BCUT2D eigenvalue weighted by Gasteiger charge is -2.24. The number of halogens is 3. The van der Waals surface area contributed by atoms with E-state index in [1.165, 1.54) is 12.1 Å². The van der Waals surface area contributed by atoms with Gasteiger partial charge in [0.25, 0.3) is 0 Å². The van der Waals surface area contributed by atoms with Crippen molar-refractivity contribution in [2.45, 2.75) is 19.3 Å². The molecule has 0 atom stereocenters. The van der Waals surface area contributed by atoms with Crippen LogP contribution in [0, 0.1) is 0 Å². The van der Waals surface area contributed by atoms with Crippen LogP contribution in [0.4, 0.5) is 12.9 Å². The Bertz CT molecular complexity index is 657. The summed E-state index contributed by atoms with van der Waals surface area (Å²) in [5.41, 5.74) is 2.94. The summed E-state index contributed by atoms with van der Waals surface area (Å²) in [5, 5.41) is 0. The smallest absolute Gasteiger partial charge is 0.445 e. The monoisotopic (exact) mass is 261 g/mol. The fourth-order valence-electron chi connectivity index (χ4n) is 2.93. The maximum atomic E-state index is 12.9. The predicted molar refractivity (Wildman–Crippen MR) is 72.7 cm³/mol. The lowest BCUT2D eigenvalue weighted by atomic mass is 9.75. The Hall–Kier alpha value is -1.71. The molecule has 98 valence electrons. The summed E-state index contributed by atoms with van der Waals surface area (Å²) in [5.74, 6) is 0. The summed E-state index contributed by atoms with van der Waals surface area (Å²) in [7, 11) is 0. The third kappa shape index (κ3) is 1.70. The number of rotatable bonds is 1. The van der Waals surface area contributed by atoms with Gasteiger partial charge in [-0.15, -0.1) is 5.46 Å². The molecule has 3 rings (SSSR count). The zero-order valence-corrected chi connectivity index (χ0v) is 10.8. The lowest BCUT2D eigenvalue weighted by molar-refractivity contribution is 0.500. The molecule has 0 bridgehead atoms. The quantitative estimate of drug-likeness (QED) is 0.679. The maximum absolute atomic E-state index is 12.9. The van der Waals surface area contributed by atoms with Gasteiger partial charge < -0.3 is 12.9 Å². The van der Waals surface area contributed by atoms with Crippen molar-refractivity contribution in [1.82, 2.24) is 0 Å². The minimum Gasteiger partial charge on any atom is -0.445 e. The molecule has 0 fully saturated rings. The highest BCUT2D eigenvalue weighted by Gasteiger charge is 2.36. The molecule has 1 aliphatic rings. The van der Waals surface area contributed by atoms with Crippen LogP contribution in [0.25, 0.3) is 11.1 Å². The van der Waals surface area contributed by atoms with Crippen LogP contribution in [-0.2, 0) is 5.41 Å².